The first kappa shape index (κ1) is 26.4. The predicted molar refractivity (Wildman–Crippen MR) is 151 cm³/mol. The van der Waals surface area contributed by atoms with Crippen molar-refractivity contribution in [1.29, 1.82) is 0 Å². The van der Waals surface area contributed by atoms with Crippen LogP contribution >= 0.6 is 0 Å². The molecule has 0 atom stereocenters. The summed E-state index contributed by atoms with van der Waals surface area (Å²) >= 11 is 0. The average molecular weight is 522 g/mol. The van der Waals surface area contributed by atoms with E-state index in [-0.39, 0.29) is 12.5 Å². The van der Waals surface area contributed by atoms with Gasteiger partial charge in [0.25, 0.3) is 5.91 Å². The van der Waals surface area contributed by atoms with Gasteiger partial charge >= 0.3 is 0 Å². The Kier molecular flexibility index (Phi) is 7.83. The minimum absolute atomic E-state index is 0.0579. The summed E-state index contributed by atoms with van der Waals surface area (Å²) in [6, 6.07) is 8.18. The first-order valence-corrected chi connectivity index (χ1v) is 14.0. The van der Waals surface area contributed by atoms with Gasteiger partial charge in [-0.1, -0.05) is 31.9 Å². The van der Waals surface area contributed by atoms with Crippen molar-refractivity contribution in [1.82, 2.24) is 24.8 Å². The summed E-state index contributed by atoms with van der Waals surface area (Å²) in [7, 11) is 2.04. The average Bonchev–Trinajstić information content (AvgIpc) is 3.58. The first-order valence-electron chi connectivity index (χ1n) is 14.0. The van der Waals surface area contributed by atoms with Gasteiger partial charge in [-0.15, -0.1) is 0 Å². The third kappa shape index (κ3) is 5.77. The Bertz CT molecular complexity index is 1280. The molecule has 1 aliphatic heterocycles. The Morgan fingerprint density at radius 2 is 1.95 bits per heavy atom. The molecule has 9 heteroatoms. The van der Waals surface area contributed by atoms with Gasteiger partial charge in [-0.25, -0.2) is 9.37 Å². The molecule has 0 spiro atoms. The van der Waals surface area contributed by atoms with Crippen molar-refractivity contribution in [2.45, 2.75) is 70.5 Å². The van der Waals surface area contributed by atoms with Crippen LogP contribution in [0.5, 0.6) is 0 Å². The van der Waals surface area contributed by atoms with E-state index >= 15 is 4.39 Å². The largest absolute Gasteiger partial charge is 0.367 e. The molecule has 0 bridgehead atoms. The van der Waals surface area contributed by atoms with Crippen LogP contribution < -0.4 is 16.0 Å². The molecule has 1 saturated carbocycles. The van der Waals surface area contributed by atoms with Gasteiger partial charge in [0.1, 0.15) is 17.3 Å². The van der Waals surface area contributed by atoms with Gasteiger partial charge < -0.3 is 20.9 Å². The zero-order valence-corrected chi connectivity index (χ0v) is 22.8. The molecular formula is C29H40FN7O. The molecule has 3 aromatic rings. The van der Waals surface area contributed by atoms with E-state index in [0.717, 1.165) is 60.7 Å². The minimum Gasteiger partial charge on any atom is -0.367 e. The molecule has 2 fully saturated rings. The number of fused-ring (bicyclic) bond motifs is 1. The molecule has 5 rings (SSSR count). The molecule has 38 heavy (non-hydrogen) atoms. The van der Waals surface area contributed by atoms with Crippen LogP contribution in [-0.2, 0) is 0 Å². The van der Waals surface area contributed by atoms with Crippen LogP contribution in [0.15, 0.2) is 30.5 Å². The van der Waals surface area contributed by atoms with Crippen LogP contribution in [0.25, 0.3) is 16.8 Å². The number of carbonyl (C=O) groups is 1. The summed E-state index contributed by atoms with van der Waals surface area (Å²) in [5.74, 6) is 1.44. The SMILES string of the molecule is CCCNC(=O)c1ccc(-c2cnn3c(NCC4(F)CCN(C)CC4)cc(NC4CCCC4)nc23)cc1C. The second-order valence-corrected chi connectivity index (χ2v) is 11.0. The van der Waals surface area contributed by atoms with E-state index in [0.29, 0.717) is 36.6 Å². The summed E-state index contributed by atoms with van der Waals surface area (Å²) in [4.78, 5) is 19.7. The van der Waals surface area contributed by atoms with E-state index in [2.05, 4.69) is 25.9 Å². The molecular weight excluding hydrogens is 481 g/mol. The molecule has 1 aliphatic carbocycles. The second-order valence-electron chi connectivity index (χ2n) is 11.0. The number of amides is 1. The fourth-order valence-electron chi connectivity index (χ4n) is 5.51. The maximum atomic E-state index is 15.6. The number of anilines is 2. The molecule has 0 unspecified atom stereocenters. The van der Waals surface area contributed by atoms with Gasteiger partial charge in [0.05, 0.1) is 12.7 Å². The molecule has 8 nitrogen and oxygen atoms in total. The van der Waals surface area contributed by atoms with Crippen molar-refractivity contribution in [2.24, 2.45) is 0 Å². The number of nitrogens with zero attached hydrogens (tertiary/aromatic N) is 4. The highest BCUT2D eigenvalue weighted by Gasteiger charge is 2.33. The third-order valence-electron chi connectivity index (χ3n) is 7.97. The molecule has 0 radical (unpaired) electrons. The predicted octanol–water partition coefficient (Wildman–Crippen LogP) is 5.04. The lowest BCUT2D eigenvalue weighted by Crippen LogP contribution is -2.44. The van der Waals surface area contributed by atoms with E-state index in [9.17, 15) is 4.79 Å². The van der Waals surface area contributed by atoms with Gasteiger partial charge in [-0.05, 0) is 63.3 Å². The Labute approximate surface area is 224 Å². The molecule has 1 amide bonds. The van der Waals surface area contributed by atoms with Crippen molar-refractivity contribution in [3.8, 4) is 11.1 Å². The number of hydrogen-bond acceptors (Lipinski definition) is 6. The summed E-state index contributed by atoms with van der Waals surface area (Å²) in [6.07, 6.45) is 8.43. The van der Waals surface area contributed by atoms with Crippen LogP contribution in [0.3, 0.4) is 0 Å². The fraction of sp³-hybridized carbons (Fsp3) is 0.552. The second kappa shape index (κ2) is 11.3. The molecule has 2 aliphatic rings. The van der Waals surface area contributed by atoms with Crippen LogP contribution in [0.1, 0.15) is 67.8 Å². The highest BCUT2D eigenvalue weighted by atomic mass is 19.1. The quantitative estimate of drug-likeness (QED) is 0.366. The van der Waals surface area contributed by atoms with Crippen molar-refractivity contribution in [3.63, 3.8) is 0 Å². The van der Waals surface area contributed by atoms with Crippen LogP contribution in [0.2, 0.25) is 0 Å². The monoisotopic (exact) mass is 521 g/mol. The zero-order chi connectivity index (χ0) is 26.7. The van der Waals surface area contributed by atoms with Crippen LogP contribution in [-0.4, -0.2) is 70.3 Å². The first-order chi connectivity index (χ1) is 18.3. The Hall–Kier alpha value is -3.20. The molecule has 204 valence electrons. The lowest BCUT2D eigenvalue weighted by molar-refractivity contribution is 0.0811. The van der Waals surface area contributed by atoms with Crippen molar-refractivity contribution in [3.05, 3.63) is 41.6 Å². The lowest BCUT2D eigenvalue weighted by atomic mass is 9.93. The van der Waals surface area contributed by atoms with Crippen molar-refractivity contribution in [2.75, 3.05) is 43.9 Å². The van der Waals surface area contributed by atoms with E-state index in [1.54, 1.807) is 10.7 Å². The molecule has 3 N–H and O–H groups in total. The molecule has 1 aromatic carbocycles. The number of aryl methyl sites for hydroxylation is 1. The maximum absolute atomic E-state index is 15.6. The van der Waals surface area contributed by atoms with Crippen LogP contribution in [0, 0.1) is 6.92 Å². The molecule has 1 saturated heterocycles. The number of hydrogen-bond donors (Lipinski definition) is 3. The van der Waals surface area contributed by atoms with Crippen molar-refractivity contribution < 1.29 is 9.18 Å². The Balaban J connectivity index is 1.46. The lowest BCUT2D eigenvalue weighted by Gasteiger charge is -2.34. The number of alkyl halides is 1. The summed E-state index contributed by atoms with van der Waals surface area (Å²) < 4.78 is 17.3. The summed E-state index contributed by atoms with van der Waals surface area (Å²) in [5.41, 5.74) is 2.84. The van der Waals surface area contributed by atoms with Gasteiger partial charge in [-0.2, -0.15) is 9.61 Å². The fourth-order valence-corrected chi connectivity index (χ4v) is 5.51. The summed E-state index contributed by atoms with van der Waals surface area (Å²) in [6.45, 7) is 6.40. The number of carbonyl (C=O) groups excluding carboxylic acids is 1. The standard InChI is InChI=1S/C29H40FN7O/c1-4-13-31-28(38)23-10-9-21(16-20(23)2)24-18-33-37-26(32-19-29(30)11-14-36(3)15-12-29)17-25(35-27(24)37)34-22-7-5-6-8-22/h9-10,16-18,22,32H,4-8,11-15,19H2,1-3H3,(H,31,38)(H,34,35). The third-order valence-corrected chi connectivity index (χ3v) is 7.97. The topological polar surface area (TPSA) is 86.6 Å². The number of nitrogens with one attached hydrogen (secondary N) is 3. The number of aromatic nitrogens is 3. The number of likely N-dealkylation sites (tertiary alicyclic amines) is 1. The zero-order valence-electron chi connectivity index (χ0n) is 22.8. The van der Waals surface area contributed by atoms with Gasteiger partial charge in [0.2, 0.25) is 0 Å². The summed E-state index contributed by atoms with van der Waals surface area (Å²) in [5, 5.41) is 14.6. The highest BCUT2D eigenvalue weighted by molar-refractivity contribution is 5.96. The number of piperidine rings is 1. The number of benzene rings is 1. The van der Waals surface area contributed by atoms with E-state index in [4.69, 9.17) is 4.98 Å². The Morgan fingerprint density at radius 1 is 1.18 bits per heavy atom. The van der Waals surface area contributed by atoms with Gasteiger partial charge in [-0.3, -0.25) is 4.79 Å². The van der Waals surface area contributed by atoms with E-state index in [1.807, 2.05) is 45.2 Å². The Morgan fingerprint density at radius 3 is 2.66 bits per heavy atom. The van der Waals surface area contributed by atoms with Gasteiger partial charge in [0.15, 0.2) is 5.65 Å². The van der Waals surface area contributed by atoms with Crippen molar-refractivity contribution >= 4 is 23.2 Å². The number of halogens is 1. The van der Waals surface area contributed by atoms with E-state index < -0.39 is 5.67 Å². The molecule has 3 heterocycles. The van der Waals surface area contributed by atoms with E-state index in [1.165, 1.54) is 12.8 Å². The smallest absolute Gasteiger partial charge is 0.251 e. The minimum atomic E-state index is -1.25. The van der Waals surface area contributed by atoms with Crippen LogP contribution in [0.4, 0.5) is 16.0 Å². The van der Waals surface area contributed by atoms with Gasteiger partial charge in [0, 0.05) is 42.9 Å². The highest BCUT2D eigenvalue weighted by Crippen LogP contribution is 2.31. The maximum Gasteiger partial charge on any atom is 0.251 e. The molecule has 2 aromatic heterocycles. The number of rotatable bonds is 9. The normalized spacial score (nSPS) is 18.1.